The third-order valence-corrected chi connectivity index (χ3v) is 3.20. The van der Waals surface area contributed by atoms with Crippen LogP contribution in [0.5, 0.6) is 0 Å². The predicted octanol–water partition coefficient (Wildman–Crippen LogP) is 3.80. The van der Waals surface area contributed by atoms with Gasteiger partial charge in [-0.2, -0.15) is 10.5 Å². The molecule has 0 radical (unpaired) electrons. The Labute approximate surface area is 120 Å². The van der Waals surface area contributed by atoms with Crippen LogP contribution in [0.15, 0.2) is 46.9 Å². The number of hydrogen-bond acceptors (Lipinski definition) is 3. The Bertz CT molecular complexity index is 663. The number of nitrogens with one attached hydrogen (secondary N) is 1. The summed E-state index contributed by atoms with van der Waals surface area (Å²) in [5.41, 5.74) is 2.77. The van der Waals surface area contributed by atoms with Crippen LogP contribution in [-0.2, 0) is 6.54 Å². The molecule has 0 spiro atoms. The quantitative estimate of drug-likeness (QED) is 0.937. The number of anilines is 1. The molecule has 0 unspecified atom stereocenters. The second-order valence-electron chi connectivity index (χ2n) is 3.96. The molecule has 2 aromatic carbocycles. The van der Waals surface area contributed by atoms with Crippen molar-refractivity contribution in [2.24, 2.45) is 0 Å². The summed E-state index contributed by atoms with van der Waals surface area (Å²) in [5, 5.41) is 21.0. The number of nitriles is 2. The third kappa shape index (κ3) is 3.34. The maximum absolute atomic E-state index is 8.96. The average molecular weight is 312 g/mol. The zero-order valence-corrected chi connectivity index (χ0v) is 11.6. The van der Waals surface area contributed by atoms with E-state index in [2.05, 4.69) is 21.2 Å². The largest absolute Gasteiger partial charge is 0.381 e. The van der Waals surface area contributed by atoms with Crippen LogP contribution in [0.2, 0.25) is 0 Å². The lowest BCUT2D eigenvalue weighted by Gasteiger charge is -2.07. The number of rotatable bonds is 3. The number of benzene rings is 2. The minimum Gasteiger partial charge on any atom is -0.381 e. The maximum atomic E-state index is 8.96. The first-order valence-electron chi connectivity index (χ1n) is 5.65. The zero-order valence-electron chi connectivity index (χ0n) is 10.0. The minimum atomic E-state index is 0.392. The Morgan fingerprint density at radius 3 is 2.26 bits per heavy atom. The van der Waals surface area contributed by atoms with Gasteiger partial charge in [-0.3, -0.25) is 0 Å². The summed E-state index contributed by atoms with van der Waals surface area (Å²) < 4.78 is 1.04. The predicted molar refractivity (Wildman–Crippen MR) is 77.3 cm³/mol. The highest BCUT2D eigenvalue weighted by Gasteiger charge is 2.02. The number of halogens is 1. The Morgan fingerprint density at radius 2 is 1.63 bits per heavy atom. The molecule has 3 nitrogen and oxygen atoms in total. The van der Waals surface area contributed by atoms with E-state index in [4.69, 9.17) is 10.5 Å². The lowest BCUT2D eigenvalue weighted by molar-refractivity contribution is 1.15. The number of nitrogens with zero attached hydrogens (tertiary/aromatic N) is 2. The lowest BCUT2D eigenvalue weighted by atomic mass is 10.1. The fourth-order valence-electron chi connectivity index (χ4n) is 1.65. The summed E-state index contributed by atoms with van der Waals surface area (Å²) in [6.45, 7) is 0.671. The molecule has 0 aromatic heterocycles. The topological polar surface area (TPSA) is 59.6 Å². The molecule has 0 bridgehead atoms. The van der Waals surface area contributed by atoms with Crippen LogP contribution < -0.4 is 5.32 Å². The van der Waals surface area contributed by atoms with Gasteiger partial charge in [0.15, 0.2) is 0 Å². The molecule has 0 aliphatic heterocycles. The first-order valence-corrected chi connectivity index (χ1v) is 6.45. The first-order chi connectivity index (χ1) is 9.22. The van der Waals surface area contributed by atoms with Crippen molar-refractivity contribution in [2.45, 2.75) is 6.54 Å². The summed E-state index contributed by atoms with van der Waals surface area (Å²) in [6.07, 6.45) is 0. The van der Waals surface area contributed by atoms with Crippen molar-refractivity contribution in [1.82, 2.24) is 0 Å². The van der Waals surface area contributed by atoms with E-state index in [-0.39, 0.29) is 0 Å². The van der Waals surface area contributed by atoms with Crippen molar-refractivity contribution >= 4 is 21.6 Å². The summed E-state index contributed by atoms with van der Waals surface area (Å²) >= 11 is 3.39. The molecule has 19 heavy (non-hydrogen) atoms. The maximum Gasteiger partial charge on any atom is 0.101 e. The van der Waals surface area contributed by atoms with E-state index in [9.17, 15) is 0 Å². The number of hydrogen-bond donors (Lipinski definition) is 1. The molecule has 0 saturated carbocycles. The van der Waals surface area contributed by atoms with Crippen LogP contribution in [0.3, 0.4) is 0 Å². The SMILES string of the molecule is N#Cc1ccc(NCc2ccc(Br)cc2)cc1C#N. The van der Waals surface area contributed by atoms with E-state index >= 15 is 0 Å². The molecule has 0 atom stereocenters. The molecule has 0 amide bonds. The van der Waals surface area contributed by atoms with Crippen LogP contribution in [0, 0.1) is 22.7 Å². The molecule has 0 aliphatic rings. The Kier molecular flexibility index (Phi) is 4.18. The highest BCUT2D eigenvalue weighted by molar-refractivity contribution is 9.10. The third-order valence-electron chi connectivity index (χ3n) is 2.67. The van der Waals surface area contributed by atoms with E-state index in [0.29, 0.717) is 17.7 Å². The van der Waals surface area contributed by atoms with Crippen LogP contribution in [0.25, 0.3) is 0 Å². The van der Waals surface area contributed by atoms with Crippen LogP contribution in [0.1, 0.15) is 16.7 Å². The standard InChI is InChI=1S/C15H10BrN3/c16-14-4-1-11(2-5-14)10-19-15-6-3-12(8-17)13(7-15)9-18/h1-7,19H,10H2. The Hall–Kier alpha value is -2.30. The van der Waals surface area contributed by atoms with E-state index in [1.165, 1.54) is 0 Å². The molecule has 0 heterocycles. The highest BCUT2D eigenvalue weighted by Crippen LogP contribution is 2.16. The van der Waals surface area contributed by atoms with Gasteiger partial charge in [0, 0.05) is 16.7 Å². The summed E-state index contributed by atoms with van der Waals surface area (Å²) in [4.78, 5) is 0. The van der Waals surface area contributed by atoms with Crippen molar-refractivity contribution in [2.75, 3.05) is 5.32 Å². The fourth-order valence-corrected chi connectivity index (χ4v) is 1.91. The zero-order chi connectivity index (χ0) is 13.7. The molecule has 0 saturated heterocycles. The van der Waals surface area contributed by atoms with Gasteiger partial charge in [0.25, 0.3) is 0 Å². The molecule has 1 N–H and O–H groups in total. The smallest absolute Gasteiger partial charge is 0.101 e. The summed E-state index contributed by atoms with van der Waals surface area (Å²) in [7, 11) is 0. The summed E-state index contributed by atoms with van der Waals surface area (Å²) in [5.74, 6) is 0. The van der Waals surface area contributed by atoms with Crippen molar-refractivity contribution in [3.63, 3.8) is 0 Å². The van der Waals surface area contributed by atoms with E-state index in [1.807, 2.05) is 36.4 Å². The van der Waals surface area contributed by atoms with Crippen LogP contribution in [0.4, 0.5) is 5.69 Å². The van der Waals surface area contributed by atoms with Gasteiger partial charge in [-0.1, -0.05) is 28.1 Å². The average Bonchev–Trinajstić information content (AvgIpc) is 2.46. The Balaban J connectivity index is 2.10. The molecule has 2 aromatic rings. The van der Waals surface area contributed by atoms with Gasteiger partial charge in [-0.15, -0.1) is 0 Å². The van der Waals surface area contributed by atoms with Crippen molar-refractivity contribution in [3.05, 3.63) is 63.6 Å². The van der Waals surface area contributed by atoms with Gasteiger partial charge >= 0.3 is 0 Å². The summed E-state index contributed by atoms with van der Waals surface area (Å²) in [6, 6.07) is 17.2. The fraction of sp³-hybridized carbons (Fsp3) is 0.0667. The second kappa shape index (κ2) is 6.04. The van der Waals surface area contributed by atoms with Gasteiger partial charge in [0.05, 0.1) is 11.1 Å². The van der Waals surface area contributed by atoms with E-state index < -0.39 is 0 Å². The second-order valence-corrected chi connectivity index (χ2v) is 4.88. The molecule has 0 aliphatic carbocycles. The van der Waals surface area contributed by atoms with Gasteiger partial charge in [-0.25, -0.2) is 0 Å². The lowest BCUT2D eigenvalue weighted by Crippen LogP contribution is -2.00. The van der Waals surface area contributed by atoms with E-state index in [1.54, 1.807) is 18.2 Å². The van der Waals surface area contributed by atoms with Crippen LogP contribution in [-0.4, -0.2) is 0 Å². The molecule has 4 heteroatoms. The highest BCUT2D eigenvalue weighted by atomic mass is 79.9. The minimum absolute atomic E-state index is 0.392. The van der Waals surface area contributed by atoms with Gasteiger partial charge in [-0.05, 0) is 35.9 Å². The normalized spacial score (nSPS) is 9.42. The van der Waals surface area contributed by atoms with Crippen molar-refractivity contribution in [3.8, 4) is 12.1 Å². The Morgan fingerprint density at radius 1 is 0.947 bits per heavy atom. The van der Waals surface area contributed by atoms with Crippen molar-refractivity contribution in [1.29, 1.82) is 10.5 Å². The van der Waals surface area contributed by atoms with Gasteiger partial charge < -0.3 is 5.32 Å². The van der Waals surface area contributed by atoms with Crippen LogP contribution >= 0.6 is 15.9 Å². The van der Waals surface area contributed by atoms with Crippen molar-refractivity contribution < 1.29 is 0 Å². The molecule has 92 valence electrons. The van der Waals surface area contributed by atoms with E-state index in [0.717, 1.165) is 15.7 Å². The molecular weight excluding hydrogens is 302 g/mol. The monoisotopic (exact) mass is 311 g/mol. The molecule has 0 fully saturated rings. The van der Waals surface area contributed by atoms with Gasteiger partial charge in [0.1, 0.15) is 12.1 Å². The first kappa shape index (κ1) is 13.1. The van der Waals surface area contributed by atoms with Gasteiger partial charge in [0.2, 0.25) is 0 Å². The molecule has 2 rings (SSSR count). The molecular formula is C15H10BrN3.